The molecule has 1 aliphatic heterocycles. The van der Waals surface area contributed by atoms with Gasteiger partial charge in [0.15, 0.2) is 0 Å². The van der Waals surface area contributed by atoms with Gasteiger partial charge >= 0.3 is 0 Å². The van der Waals surface area contributed by atoms with Crippen molar-refractivity contribution in [2.75, 3.05) is 12.3 Å². The molecule has 0 aliphatic carbocycles. The van der Waals surface area contributed by atoms with Crippen LogP contribution in [0.25, 0.3) is 0 Å². The van der Waals surface area contributed by atoms with Gasteiger partial charge in [-0.2, -0.15) is 0 Å². The van der Waals surface area contributed by atoms with Crippen molar-refractivity contribution < 1.29 is 0 Å². The molecule has 0 bridgehead atoms. The molecule has 104 valence electrons. The first-order chi connectivity index (χ1) is 9.74. The van der Waals surface area contributed by atoms with E-state index in [1.54, 1.807) is 0 Å². The van der Waals surface area contributed by atoms with Gasteiger partial charge in [-0.15, -0.1) is 0 Å². The fourth-order valence-corrected chi connectivity index (χ4v) is 3.10. The van der Waals surface area contributed by atoms with Crippen molar-refractivity contribution in [2.24, 2.45) is 0 Å². The number of nitrogen functional groups attached to an aromatic ring is 1. The Balaban J connectivity index is 1.81. The second kappa shape index (κ2) is 5.81. The minimum Gasteiger partial charge on any atom is -0.398 e. The molecule has 1 saturated heterocycles. The zero-order valence-corrected chi connectivity index (χ0v) is 12.1. The monoisotopic (exact) mass is 287 g/mol. The normalized spacial score (nSPS) is 19.4. The van der Waals surface area contributed by atoms with Crippen LogP contribution in [0.5, 0.6) is 0 Å². The Morgan fingerprint density at radius 1 is 1.25 bits per heavy atom. The third-order valence-electron chi connectivity index (χ3n) is 3.93. The summed E-state index contributed by atoms with van der Waals surface area (Å²) in [6.07, 6.45) is 6.12. The van der Waals surface area contributed by atoms with Crippen LogP contribution < -0.4 is 5.73 Å². The van der Waals surface area contributed by atoms with Gasteiger partial charge in [-0.3, -0.25) is 9.88 Å². The lowest BCUT2D eigenvalue weighted by molar-refractivity contribution is 0.249. The van der Waals surface area contributed by atoms with Crippen LogP contribution in [0.15, 0.2) is 42.7 Å². The van der Waals surface area contributed by atoms with E-state index >= 15 is 0 Å². The Morgan fingerprint density at radius 2 is 2.05 bits per heavy atom. The summed E-state index contributed by atoms with van der Waals surface area (Å²) in [6.45, 7) is 1.94. The smallest absolute Gasteiger partial charge is 0.0410 e. The summed E-state index contributed by atoms with van der Waals surface area (Å²) in [7, 11) is 0. The number of rotatable bonds is 3. The number of benzene rings is 1. The first-order valence-corrected chi connectivity index (χ1v) is 7.30. The number of hydrogen-bond acceptors (Lipinski definition) is 3. The van der Waals surface area contributed by atoms with Gasteiger partial charge in [0.05, 0.1) is 0 Å². The van der Waals surface area contributed by atoms with Crippen molar-refractivity contribution >= 4 is 17.3 Å². The van der Waals surface area contributed by atoms with E-state index in [-0.39, 0.29) is 0 Å². The molecule has 2 heterocycles. The van der Waals surface area contributed by atoms with E-state index in [4.69, 9.17) is 17.3 Å². The molecule has 2 N–H and O–H groups in total. The summed E-state index contributed by atoms with van der Waals surface area (Å²) in [6, 6.07) is 10.4. The van der Waals surface area contributed by atoms with Gasteiger partial charge in [0.1, 0.15) is 0 Å². The average molecular weight is 288 g/mol. The molecule has 3 rings (SSSR count). The minimum atomic E-state index is 0.455. The van der Waals surface area contributed by atoms with Crippen molar-refractivity contribution in [2.45, 2.75) is 25.4 Å². The van der Waals surface area contributed by atoms with E-state index in [1.807, 2.05) is 30.6 Å². The number of pyridine rings is 1. The molecule has 0 spiro atoms. The Labute approximate surface area is 124 Å². The van der Waals surface area contributed by atoms with Crippen LogP contribution in [0, 0.1) is 0 Å². The van der Waals surface area contributed by atoms with Crippen molar-refractivity contribution in [1.29, 1.82) is 0 Å². The fraction of sp³-hybridized carbons (Fsp3) is 0.312. The summed E-state index contributed by atoms with van der Waals surface area (Å²) >= 11 is 6.07. The van der Waals surface area contributed by atoms with E-state index in [1.165, 1.54) is 18.4 Å². The first kappa shape index (κ1) is 13.4. The van der Waals surface area contributed by atoms with Crippen LogP contribution in [0.3, 0.4) is 0 Å². The lowest BCUT2D eigenvalue weighted by Gasteiger charge is -2.25. The highest BCUT2D eigenvalue weighted by molar-refractivity contribution is 6.30. The summed E-state index contributed by atoms with van der Waals surface area (Å²) < 4.78 is 0. The molecule has 1 aromatic carbocycles. The molecule has 0 radical (unpaired) electrons. The van der Waals surface area contributed by atoms with Gasteiger partial charge in [0.2, 0.25) is 0 Å². The van der Waals surface area contributed by atoms with Gasteiger partial charge in [0, 0.05) is 35.7 Å². The van der Waals surface area contributed by atoms with Crippen LogP contribution in [0.1, 0.15) is 30.0 Å². The van der Waals surface area contributed by atoms with E-state index in [0.29, 0.717) is 6.04 Å². The molecule has 1 atom stereocenters. The van der Waals surface area contributed by atoms with Gasteiger partial charge < -0.3 is 5.73 Å². The molecule has 20 heavy (non-hydrogen) atoms. The second-order valence-electron chi connectivity index (χ2n) is 5.25. The zero-order valence-electron chi connectivity index (χ0n) is 11.3. The highest BCUT2D eigenvalue weighted by Crippen LogP contribution is 2.33. The van der Waals surface area contributed by atoms with Crippen molar-refractivity contribution in [1.82, 2.24) is 9.88 Å². The Morgan fingerprint density at radius 3 is 2.85 bits per heavy atom. The molecular formula is C16H18ClN3. The molecule has 2 aromatic rings. The third kappa shape index (κ3) is 2.79. The van der Waals surface area contributed by atoms with Gasteiger partial charge in [-0.1, -0.05) is 11.6 Å². The number of anilines is 1. The second-order valence-corrected chi connectivity index (χ2v) is 5.69. The van der Waals surface area contributed by atoms with Gasteiger partial charge in [-0.05, 0) is 60.8 Å². The largest absolute Gasteiger partial charge is 0.398 e. The van der Waals surface area contributed by atoms with Crippen LogP contribution >= 0.6 is 11.6 Å². The average Bonchev–Trinajstić information content (AvgIpc) is 2.92. The zero-order chi connectivity index (χ0) is 13.9. The lowest BCUT2D eigenvalue weighted by atomic mass is 10.1. The molecule has 1 fully saturated rings. The highest BCUT2D eigenvalue weighted by atomic mass is 35.5. The topological polar surface area (TPSA) is 42.1 Å². The molecule has 1 aromatic heterocycles. The summed E-state index contributed by atoms with van der Waals surface area (Å²) in [4.78, 5) is 6.57. The number of halogens is 1. The molecule has 4 heteroatoms. The van der Waals surface area contributed by atoms with Gasteiger partial charge in [0.25, 0.3) is 0 Å². The Hall–Kier alpha value is -1.58. The number of likely N-dealkylation sites (tertiary alicyclic amines) is 1. The maximum absolute atomic E-state index is 6.07. The maximum atomic E-state index is 6.07. The van der Waals surface area contributed by atoms with E-state index in [2.05, 4.69) is 22.0 Å². The summed E-state index contributed by atoms with van der Waals surface area (Å²) in [5, 5.41) is 0.744. The van der Waals surface area contributed by atoms with Crippen molar-refractivity contribution in [3.8, 4) is 0 Å². The van der Waals surface area contributed by atoms with Crippen LogP contribution in [0.2, 0.25) is 5.02 Å². The highest BCUT2D eigenvalue weighted by Gasteiger charge is 2.26. The van der Waals surface area contributed by atoms with E-state index in [9.17, 15) is 0 Å². The quantitative estimate of drug-likeness (QED) is 0.876. The maximum Gasteiger partial charge on any atom is 0.0410 e. The molecule has 1 unspecified atom stereocenters. The Bertz CT molecular complexity index is 586. The van der Waals surface area contributed by atoms with Gasteiger partial charge in [-0.25, -0.2) is 0 Å². The summed E-state index contributed by atoms with van der Waals surface area (Å²) in [5.74, 6) is 0. The number of nitrogens with zero attached hydrogens (tertiary/aromatic N) is 2. The molecule has 3 nitrogen and oxygen atoms in total. The predicted octanol–water partition coefficient (Wildman–Crippen LogP) is 3.65. The van der Waals surface area contributed by atoms with Crippen molar-refractivity contribution in [3.63, 3.8) is 0 Å². The Kier molecular flexibility index (Phi) is 3.90. The third-order valence-corrected chi connectivity index (χ3v) is 4.17. The fourth-order valence-electron chi connectivity index (χ4n) is 2.91. The molecule has 0 saturated carbocycles. The van der Waals surface area contributed by atoms with E-state index < -0.39 is 0 Å². The summed E-state index contributed by atoms with van der Waals surface area (Å²) in [5.41, 5.74) is 9.31. The molecule has 1 aliphatic rings. The molecule has 0 amide bonds. The first-order valence-electron chi connectivity index (χ1n) is 6.92. The van der Waals surface area contributed by atoms with E-state index in [0.717, 1.165) is 29.4 Å². The number of nitrogens with two attached hydrogens (primary N) is 1. The van der Waals surface area contributed by atoms with Crippen LogP contribution in [0.4, 0.5) is 5.69 Å². The SMILES string of the molecule is Nc1ccc(Cl)cc1CN1CCCC1c1ccncc1. The van der Waals surface area contributed by atoms with Crippen LogP contribution in [-0.4, -0.2) is 16.4 Å². The molecular weight excluding hydrogens is 270 g/mol. The standard InChI is InChI=1S/C16H18ClN3/c17-14-3-4-15(18)13(10-14)11-20-9-1-2-16(20)12-5-7-19-8-6-12/h3-8,10,16H,1-2,9,11,18H2. The number of aromatic nitrogens is 1. The van der Waals surface area contributed by atoms with Crippen LogP contribution in [-0.2, 0) is 6.54 Å². The predicted molar refractivity (Wildman–Crippen MR) is 82.5 cm³/mol. The van der Waals surface area contributed by atoms with Crippen molar-refractivity contribution in [3.05, 3.63) is 58.9 Å². The number of hydrogen-bond donors (Lipinski definition) is 1. The minimum absolute atomic E-state index is 0.455. The lowest BCUT2D eigenvalue weighted by Crippen LogP contribution is -2.23.